The molecule has 2 heterocycles. The van der Waals surface area contributed by atoms with Crippen LogP contribution in [0.5, 0.6) is 0 Å². The van der Waals surface area contributed by atoms with Crippen LogP contribution in [0.1, 0.15) is 32.1 Å². The van der Waals surface area contributed by atoms with E-state index >= 15 is 0 Å². The van der Waals surface area contributed by atoms with E-state index < -0.39 is 0 Å². The number of aromatic amines is 1. The van der Waals surface area contributed by atoms with Gasteiger partial charge in [0.1, 0.15) is 5.82 Å². The van der Waals surface area contributed by atoms with Crippen molar-refractivity contribution in [1.29, 1.82) is 0 Å². The summed E-state index contributed by atoms with van der Waals surface area (Å²) >= 11 is 0. The van der Waals surface area contributed by atoms with Gasteiger partial charge in [0.05, 0.1) is 6.04 Å². The first-order valence-corrected chi connectivity index (χ1v) is 8.46. The predicted octanol–water partition coefficient (Wildman–Crippen LogP) is 2.94. The van der Waals surface area contributed by atoms with Gasteiger partial charge in [-0.25, -0.2) is 4.98 Å². The molecule has 0 spiro atoms. The highest BCUT2D eigenvalue weighted by atomic mass is 16.2. The number of benzene rings is 1. The van der Waals surface area contributed by atoms with Crippen molar-refractivity contribution in [3.8, 4) is 11.4 Å². The Morgan fingerprint density at radius 1 is 1.17 bits per heavy atom. The quantitative estimate of drug-likeness (QED) is 0.816. The Bertz CT molecular complexity index is 651. The highest BCUT2D eigenvalue weighted by molar-refractivity contribution is 5.95. The van der Waals surface area contributed by atoms with Crippen LogP contribution in [0.2, 0.25) is 0 Å². The Labute approximate surface area is 135 Å². The van der Waals surface area contributed by atoms with Crippen LogP contribution in [-0.2, 0) is 4.79 Å². The summed E-state index contributed by atoms with van der Waals surface area (Å²) in [6.45, 7) is 0. The van der Waals surface area contributed by atoms with Crippen molar-refractivity contribution in [2.75, 3.05) is 5.32 Å². The number of rotatable bonds is 3. The number of carbonyl (C=O) groups is 1. The number of H-pyrrole nitrogens is 1. The molecule has 3 unspecified atom stereocenters. The van der Waals surface area contributed by atoms with Crippen LogP contribution in [0.4, 0.5) is 5.69 Å². The van der Waals surface area contributed by atoms with Crippen LogP contribution in [-0.4, -0.2) is 28.0 Å². The second-order valence-corrected chi connectivity index (χ2v) is 6.61. The summed E-state index contributed by atoms with van der Waals surface area (Å²) in [6, 6.07) is 8.29. The minimum atomic E-state index is -0.0483. The summed E-state index contributed by atoms with van der Waals surface area (Å²) in [4.78, 5) is 19.8. The molecular formula is C18H22N4O. The van der Waals surface area contributed by atoms with Gasteiger partial charge in [0.15, 0.2) is 0 Å². The normalized spacial score (nSPS) is 26.7. The molecule has 5 nitrogen and oxygen atoms in total. The van der Waals surface area contributed by atoms with Gasteiger partial charge in [0.2, 0.25) is 5.91 Å². The predicted molar refractivity (Wildman–Crippen MR) is 89.9 cm³/mol. The maximum atomic E-state index is 12.5. The molecule has 0 bridgehead atoms. The smallest absolute Gasteiger partial charge is 0.241 e. The summed E-state index contributed by atoms with van der Waals surface area (Å²) in [6.07, 6.45) is 9.58. The van der Waals surface area contributed by atoms with Crippen LogP contribution < -0.4 is 10.6 Å². The molecule has 1 saturated carbocycles. The van der Waals surface area contributed by atoms with Gasteiger partial charge in [-0.2, -0.15) is 0 Å². The van der Waals surface area contributed by atoms with Crippen LogP contribution >= 0.6 is 0 Å². The molecule has 1 aromatic heterocycles. The van der Waals surface area contributed by atoms with Gasteiger partial charge in [-0.3, -0.25) is 4.79 Å². The van der Waals surface area contributed by atoms with E-state index in [1.54, 1.807) is 12.4 Å². The van der Waals surface area contributed by atoms with Gasteiger partial charge in [-0.1, -0.05) is 12.8 Å². The number of nitrogens with one attached hydrogen (secondary N) is 3. The highest BCUT2D eigenvalue weighted by Crippen LogP contribution is 2.33. The standard InChI is InChI=1S/C18H22N4O/c23-18(16-11-13-3-1-2-4-15(13)22-16)21-14-7-5-12(6-8-14)17-19-9-10-20-17/h5-10,13,15-16,22H,1-4,11H2,(H,19,20)(H,21,23). The summed E-state index contributed by atoms with van der Waals surface area (Å²) in [7, 11) is 0. The van der Waals surface area contributed by atoms with Crippen molar-refractivity contribution in [1.82, 2.24) is 15.3 Å². The molecule has 1 aliphatic carbocycles. The SMILES string of the molecule is O=C(Nc1ccc(-c2ncc[nH]2)cc1)C1CC2CCCCC2N1. The first-order valence-electron chi connectivity index (χ1n) is 8.46. The number of aromatic nitrogens is 2. The lowest BCUT2D eigenvalue weighted by molar-refractivity contribution is -0.117. The molecule has 3 atom stereocenters. The van der Waals surface area contributed by atoms with Crippen molar-refractivity contribution < 1.29 is 4.79 Å². The van der Waals surface area contributed by atoms with Crippen LogP contribution in [0, 0.1) is 5.92 Å². The average molecular weight is 310 g/mol. The second kappa shape index (κ2) is 6.16. The molecule has 2 fully saturated rings. The van der Waals surface area contributed by atoms with Crippen LogP contribution in [0.15, 0.2) is 36.7 Å². The molecule has 1 amide bonds. The molecule has 5 heteroatoms. The van der Waals surface area contributed by atoms with Gasteiger partial charge in [-0.05, 0) is 49.4 Å². The third-order valence-electron chi connectivity index (χ3n) is 5.10. The zero-order chi connectivity index (χ0) is 15.6. The number of anilines is 1. The summed E-state index contributed by atoms with van der Waals surface area (Å²) in [5.41, 5.74) is 1.85. The van der Waals surface area contributed by atoms with Crippen molar-refractivity contribution in [2.45, 2.75) is 44.2 Å². The maximum Gasteiger partial charge on any atom is 0.241 e. The molecule has 120 valence electrons. The lowest BCUT2D eigenvalue weighted by Crippen LogP contribution is -2.39. The maximum absolute atomic E-state index is 12.5. The molecule has 3 N–H and O–H groups in total. The molecule has 2 aromatic rings. The number of nitrogens with zero attached hydrogens (tertiary/aromatic N) is 1. The molecule has 1 aliphatic heterocycles. The number of fused-ring (bicyclic) bond motifs is 1. The van der Waals surface area contributed by atoms with Crippen molar-refractivity contribution >= 4 is 11.6 Å². The van der Waals surface area contributed by atoms with E-state index in [9.17, 15) is 4.79 Å². The number of imidazole rings is 1. The third kappa shape index (κ3) is 3.01. The van der Waals surface area contributed by atoms with Gasteiger partial charge >= 0.3 is 0 Å². The van der Waals surface area contributed by atoms with E-state index in [0.29, 0.717) is 12.0 Å². The second-order valence-electron chi connectivity index (χ2n) is 6.61. The Morgan fingerprint density at radius 2 is 2.00 bits per heavy atom. The summed E-state index contributed by atoms with van der Waals surface area (Å²) in [5.74, 6) is 1.61. The van der Waals surface area contributed by atoms with Crippen molar-refractivity contribution in [3.05, 3.63) is 36.7 Å². The van der Waals surface area contributed by atoms with Gasteiger partial charge in [0.25, 0.3) is 0 Å². The highest BCUT2D eigenvalue weighted by Gasteiger charge is 2.38. The topological polar surface area (TPSA) is 69.8 Å². The first-order chi connectivity index (χ1) is 11.3. The summed E-state index contributed by atoms with van der Waals surface area (Å²) < 4.78 is 0. The average Bonchev–Trinajstić information content (AvgIpc) is 3.25. The van der Waals surface area contributed by atoms with E-state index in [1.807, 2.05) is 24.3 Å². The third-order valence-corrected chi connectivity index (χ3v) is 5.10. The van der Waals surface area contributed by atoms with Gasteiger partial charge in [0, 0.05) is 29.7 Å². The lowest BCUT2D eigenvalue weighted by Gasteiger charge is -2.24. The van der Waals surface area contributed by atoms with Crippen LogP contribution in [0.3, 0.4) is 0 Å². The fraction of sp³-hybridized carbons (Fsp3) is 0.444. The number of carbonyl (C=O) groups excluding carboxylic acids is 1. The van der Waals surface area contributed by atoms with Crippen molar-refractivity contribution in [3.63, 3.8) is 0 Å². The zero-order valence-corrected chi connectivity index (χ0v) is 13.1. The van der Waals surface area contributed by atoms with E-state index in [0.717, 1.165) is 23.5 Å². The lowest BCUT2D eigenvalue weighted by atomic mass is 9.85. The fourth-order valence-electron chi connectivity index (χ4n) is 3.89. The molecule has 23 heavy (non-hydrogen) atoms. The van der Waals surface area contributed by atoms with Gasteiger partial charge in [-0.15, -0.1) is 0 Å². The molecule has 0 radical (unpaired) electrons. The Hall–Kier alpha value is -2.14. The molecule has 4 rings (SSSR count). The van der Waals surface area contributed by atoms with E-state index in [2.05, 4.69) is 20.6 Å². The molecule has 1 aromatic carbocycles. The molecule has 2 aliphatic rings. The molecular weight excluding hydrogens is 288 g/mol. The Morgan fingerprint density at radius 3 is 2.74 bits per heavy atom. The van der Waals surface area contributed by atoms with Crippen molar-refractivity contribution in [2.24, 2.45) is 5.92 Å². The minimum Gasteiger partial charge on any atom is -0.345 e. The zero-order valence-electron chi connectivity index (χ0n) is 13.1. The largest absolute Gasteiger partial charge is 0.345 e. The minimum absolute atomic E-state index is 0.0483. The van der Waals surface area contributed by atoms with E-state index in [1.165, 1.54) is 25.7 Å². The number of amides is 1. The fourth-order valence-corrected chi connectivity index (χ4v) is 3.89. The Balaban J connectivity index is 1.39. The van der Waals surface area contributed by atoms with Gasteiger partial charge < -0.3 is 15.6 Å². The Kier molecular flexibility index (Phi) is 3.87. The first kappa shape index (κ1) is 14.5. The van der Waals surface area contributed by atoms with Crippen LogP contribution in [0.25, 0.3) is 11.4 Å². The monoisotopic (exact) mass is 310 g/mol. The molecule has 1 saturated heterocycles. The summed E-state index contributed by atoms with van der Waals surface area (Å²) in [5, 5.41) is 6.55. The number of hydrogen-bond acceptors (Lipinski definition) is 3. The van der Waals surface area contributed by atoms with E-state index in [-0.39, 0.29) is 11.9 Å². The number of hydrogen-bond donors (Lipinski definition) is 3. The van der Waals surface area contributed by atoms with E-state index in [4.69, 9.17) is 0 Å².